The fraction of sp³-hybridized carbons (Fsp3) is 0.385. The number of benzene rings is 1. The van der Waals surface area contributed by atoms with Crippen LogP contribution in [0.1, 0.15) is 12.0 Å². The van der Waals surface area contributed by atoms with Crippen LogP contribution >= 0.6 is 0 Å². The SMILES string of the molecule is C1=C[C@H]2C[C@@H]1CN2Cc1ccccc1. The highest BCUT2D eigenvalue weighted by atomic mass is 15.2. The van der Waals surface area contributed by atoms with Crippen LogP contribution in [0.15, 0.2) is 42.5 Å². The van der Waals surface area contributed by atoms with E-state index in [1.165, 1.54) is 18.5 Å². The first-order valence-electron chi connectivity index (χ1n) is 5.38. The van der Waals surface area contributed by atoms with Crippen LogP contribution in [0.5, 0.6) is 0 Å². The summed E-state index contributed by atoms with van der Waals surface area (Å²) in [5, 5.41) is 0. The van der Waals surface area contributed by atoms with Gasteiger partial charge in [-0.1, -0.05) is 42.5 Å². The van der Waals surface area contributed by atoms with Gasteiger partial charge >= 0.3 is 0 Å². The molecule has 0 unspecified atom stereocenters. The molecule has 14 heavy (non-hydrogen) atoms. The van der Waals surface area contributed by atoms with Gasteiger partial charge in [0.15, 0.2) is 0 Å². The zero-order chi connectivity index (χ0) is 9.38. The summed E-state index contributed by atoms with van der Waals surface area (Å²) < 4.78 is 0. The van der Waals surface area contributed by atoms with Crippen LogP contribution in [-0.2, 0) is 6.54 Å². The summed E-state index contributed by atoms with van der Waals surface area (Å²) in [6.07, 6.45) is 6.11. The Morgan fingerprint density at radius 3 is 2.64 bits per heavy atom. The molecule has 2 atom stereocenters. The Kier molecular flexibility index (Phi) is 1.91. The highest BCUT2D eigenvalue weighted by Crippen LogP contribution is 2.32. The third kappa shape index (κ3) is 1.38. The number of rotatable bonds is 2. The van der Waals surface area contributed by atoms with Gasteiger partial charge in [0.25, 0.3) is 0 Å². The van der Waals surface area contributed by atoms with Gasteiger partial charge in [-0.3, -0.25) is 4.90 Å². The second-order valence-corrected chi connectivity index (χ2v) is 4.36. The molecule has 0 spiro atoms. The molecule has 1 aliphatic heterocycles. The summed E-state index contributed by atoms with van der Waals surface area (Å²) in [5.41, 5.74) is 1.44. The maximum atomic E-state index is 2.58. The Balaban J connectivity index is 1.72. The third-order valence-electron chi connectivity index (χ3n) is 3.32. The van der Waals surface area contributed by atoms with Crippen LogP contribution < -0.4 is 0 Å². The summed E-state index contributed by atoms with van der Waals surface area (Å²) in [5.74, 6) is 0.837. The van der Waals surface area contributed by atoms with Gasteiger partial charge in [0.1, 0.15) is 0 Å². The number of fused-ring (bicyclic) bond motifs is 2. The van der Waals surface area contributed by atoms with Gasteiger partial charge in [-0.25, -0.2) is 0 Å². The lowest BCUT2D eigenvalue weighted by Crippen LogP contribution is -2.28. The first-order valence-corrected chi connectivity index (χ1v) is 5.38. The second-order valence-electron chi connectivity index (χ2n) is 4.36. The van der Waals surface area contributed by atoms with Gasteiger partial charge in [0, 0.05) is 19.1 Å². The zero-order valence-electron chi connectivity index (χ0n) is 8.26. The van der Waals surface area contributed by atoms with E-state index < -0.39 is 0 Å². The van der Waals surface area contributed by atoms with E-state index in [9.17, 15) is 0 Å². The Labute approximate surface area is 85.0 Å². The molecule has 0 N–H and O–H groups in total. The molecular formula is C13H15N. The third-order valence-corrected chi connectivity index (χ3v) is 3.32. The smallest absolute Gasteiger partial charge is 0.0288 e. The van der Waals surface area contributed by atoms with Crippen LogP contribution in [0.2, 0.25) is 0 Å². The van der Waals surface area contributed by atoms with Crippen molar-refractivity contribution in [2.75, 3.05) is 6.54 Å². The average molecular weight is 185 g/mol. The molecule has 1 heteroatoms. The van der Waals surface area contributed by atoms with Gasteiger partial charge in [-0.15, -0.1) is 0 Å². The number of nitrogens with zero attached hydrogens (tertiary/aromatic N) is 1. The van der Waals surface area contributed by atoms with E-state index in [-0.39, 0.29) is 0 Å². The maximum Gasteiger partial charge on any atom is 0.0288 e. The molecular weight excluding hydrogens is 170 g/mol. The predicted octanol–water partition coefficient (Wildman–Crippen LogP) is 2.45. The molecule has 0 radical (unpaired) electrons. The standard InChI is InChI=1S/C13H15N/c1-2-4-11(5-3-1)9-14-10-12-6-7-13(14)8-12/h1-7,12-13H,8-10H2/t12-,13+/m1/s1. The van der Waals surface area contributed by atoms with Gasteiger partial charge in [0.05, 0.1) is 0 Å². The lowest BCUT2D eigenvalue weighted by atomic mass is 10.1. The number of likely N-dealkylation sites (tertiary alicyclic amines) is 1. The average Bonchev–Trinajstić information content (AvgIpc) is 2.81. The van der Waals surface area contributed by atoms with E-state index in [1.807, 2.05) is 0 Å². The molecule has 1 aliphatic carbocycles. The predicted molar refractivity (Wildman–Crippen MR) is 57.9 cm³/mol. The monoisotopic (exact) mass is 185 g/mol. The molecule has 1 nitrogen and oxygen atoms in total. The summed E-state index contributed by atoms with van der Waals surface area (Å²) in [6, 6.07) is 11.5. The van der Waals surface area contributed by atoms with Gasteiger partial charge in [-0.2, -0.15) is 0 Å². The fourth-order valence-corrected chi connectivity index (χ4v) is 2.60. The van der Waals surface area contributed by atoms with Crippen LogP contribution in [0.3, 0.4) is 0 Å². The Morgan fingerprint density at radius 2 is 2.00 bits per heavy atom. The molecule has 0 amide bonds. The van der Waals surface area contributed by atoms with E-state index >= 15 is 0 Å². The summed E-state index contributed by atoms with van der Waals surface area (Å²) in [6.45, 7) is 2.38. The highest BCUT2D eigenvalue weighted by Gasteiger charge is 2.32. The van der Waals surface area contributed by atoms with Crippen molar-refractivity contribution >= 4 is 0 Å². The van der Waals surface area contributed by atoms with E-state index in [4.69, 9.17) is 0 Å². The van der Waals surface area contributed by atoms with E-state index in [0.29, 0.717) is 0 Å². The van der Waals surface area contributed by atoms with E-state index in [0.717, 1.165) is 18.5 Å². The molecule has 0 saturated carbocycles. The lowest BCUT2D eigenvalue weighted by Gasteiger charge is -2.23. The molecule has 72 valence electrons. The largest absolute Gasteiger partial charge is 0.292 e. The minimum absolute atomic E-state index is 0.722. The van der Waals surface area contributed by atoms with Crippen molar-refractivity contribution in [1.82, 2.24) is 4.90 Å². The van der Waals surface area contributed by atoms with Crippen molar-refractivity contribution in [3.05, 3.63) is 48.0 Å². The Hall–Kier alpha value is -1.08. The van der Waals surface area contributed by atoms with Crippen LogP contribution in [0.4, 0.5) is 0 Å². The highest BCUT2D eigenvalue weighted by molar-refractivity contribution is 5.18. The lowest BCUT2D eigenvalue weighted by molar-refractivity contribution is 0.271. The van der Waals surface area contributed by atoms with Gasteiger partial charge in [0.2, 0.25) is 0 Å². The minimum Gasteiger partial charge on any atom is -0.292 e. The molecule has 1 aromatic carbocycles. The molecule has 1 aromatic rings. The summed E-state index contributed by atoms with van der Waals surface area (Å²) in [4.78, 5) is 2.58. The van der Waals surface area contributed by atoms with Crippen molar-refractivity contribution in [2.45, 2.75) is 19.0 Å². The van der Waals surface area contributed by atoms with Crippen LogP contribution in [-0.4, -0.2) is 17.5 Å². The van der Waals surface area contributed by atoms with E-state index in [2.05, 4.69) is 47.4 Å². The van der Waals surface area contributed by atoms with Crippen molar-refractivity contribution < 1.29 is 0 Å². The molecule has 0 aromatic heterocycles. The van der Waals surface area contributed by atoms with Crippen molar-refractivity contribution in [1.29, 1.82) is 0 Å². The maximum absolute atomic E-state index is 2.58. The first kappa shape index (κ1) is 8.25. The van der Waals surface area contributed by atoms with E-state index in [1.54, 1.807) is 0 Å². The molecule has 1 saturated heterocycles. The van der Waals surface area contributed by atoms with Gasteiger partial charge in [-0.05, 0) is 17.9 Å². The number of hydrogen-bond donors (Lipinski definition) is 0. The second kappa shape index (κ2) is 3.25. The Morgan fingerprint density at radius 1 is 1.14 bits per heavy atom. The normalized spacial score (nSPS) is 30.0. The molecule has 3 rings (SSSR count). The minimum atomic E-state index is 0.722. The topological polar surface area (TPSA) is 3.24 Å². The van der Waals surface area contributed by atoms with Crippen LogP contribution in [0.25, 0.3) is 0 Å². The summed E-state index contributed by atoms with van der Waals surface area (Å²) >= 11 is 0. The van der Waals surface area contributed by atoms with Crippen molar-refractivity contribution in [2.24, 2.45) is 5.92 Å². The molecule has 1 heterocycles. The first-order chi connectivity index (χ1) is 6.92. The Bertz CT molecular complexity index is 342. The van der Waals surface area contributed by atoms with Gasteiger partial charge < -0.3 is 0 Å². The summed E-state index contributed by atoms with van der Waals surface area (Å²) in [7, 11) is 0. The molecule has 1 fully saturated rings. The molecule has 2 bridgehead atoms. The van der Waals surface area contributed by atoms with Crippen LogP contribution in [0, 0.1) is 5.92 Å². The quantitative estimate of drug-likeness (QED) is 0.640. The number of hydrogen-bond acceptors (Lipinski definition) is 1. The van der Waals surface area contributed by atoms with Crippen molar-refractivity contribution in [3.63, 3.8) is 0 Å². The fourth-order valence-electron chi connectivity index (χ4n) is 2.60. The zero-order valence-corrected chi connectivity index (χ0v) is 8.26. The molecule has 2 aliphatic rings. The van der Waals surface area contributed by atoms with Crippen molar-refractivity contribution in [3.8, 4) is 0 Å².